The van der Waals surface area contributed by atoms with Crippen LogP contribution in [0.1, 0.15) is 30.0 Å². The van der Waals surface area contributed by atoms with Crippen LogP contribution in [-0.4, -0.2) is 11.1 Å². The van der Waals surface area contributed by atoms with Gasteiger partial charge in [-0.15, -0.1) is 0 Å². The summed E-state index contributed by atoms with van der Waals surface area (Å²) in [5, 5.41) is 8.46. The third-order valence-corrected chi connectivity index (χ3v) is 2.40. The van der Waals surface area contributed by atoms with E-state index in [1.165, 1.54) is 6.92 Å². The zero-order chi connectivity index (χ0) is 12.3. The Labute approximate surface area is 91.9 Å². The molecule has 88 valence electrons. The van der Waals surface area contributed by atoms with Crippen LogP contribution in [-0.2, 0) is 4.79 Å². The van der Waals surface area contributed by atoms with Gasteiger partial charge in [0.2, 0.25) is 0 Å². The van der Waals surface area contributed by atoms with Gasteiger partial charge in [-0.3, -0.25) is 4.79 Å². The predicted octanol–water partition coefficient (Wildman–Crippen LogP) is 2.14. The van der Waals surface area contributed by atoms with E-state index >= 15 is 0 Å². The minimum Gasteiger partial charge on any atom is -0.481 e. The van der Waals surface area contributed by atoms with Crippen molar-refractivity contribution in [2.24, 2.45) is 5.73 Å². The lowest BCUT2D eigenvalue weighted by Crippen LogP contribution is -2.13. The van der Waals surface area contributed by atoms with Crippen LogP contribution in [0.4, 0.5) is 8.78 Å². The third-order valence-electron chi connectivity index (χ3n) is 2.40. The molecule has 0 spiro atoms. The zero-order valence-electron chi connectivity index (χ0n) is 8.84. The van der Waals surface area contributed by atoms with Crippen molar-refractivity contribution in [2.75, 3.05) is 0 Å². The van der Waals surface area contributed by atoms with Gasteiger partial charge in [-0.2, -0.15) is 0 Å². The number of hydrogen-bond acceptors (Lipinski definition) is 2. The van der Waals surface area contributed by atoms with Gasteiger partial charge < -0.3 is 10.8 Å². The Morgan fingerprint density at radius 1 is 1.44 bits per heavy atom. The van der Waals surface area contributed by atoms with Gasteiger partial charge in [0.25, 0.3) is 0 Å². The number of carboxylic acid groups (broad SMARTS) is 1. The zero-order valence-corrected chi connectivity index (χ0v) is 8.84. The molecule has 0 heterocycles. The Balaban J connectivity index is 2.84. The van der Waals surface area contributed by atoms with E-state index in [1.54, 1.807) is 0 Å². The van der Waals surface area contributed by atoms with Crippen LogP contribution in [0.15, 0.2) is 12.1 Å². The van der Waals surface area contributed by atoms with Crippen LogP contribution in [0.25, 0.3) is 0 Å². The van der Waals surface area contributed by atoms with E-state index in [1.807, 2.05) is 0 Å². The summed E-state index contributed by atoms with van der Waals surface area (Å²) in [6.45, 7) is 1.33. The quantitative estimate of drug-likeness (QED) is 0.831. The van der Waals surface area contributed by atoms with Crippen LogP contribution < -0.4 is 5.73 Å². The first-order valence-electron chi connectivity index (χ1n) is 4.84. The number of aliphatic carboxylic acids is 1. The average Bonchev–Trinajstić information content (AvgIpc) is 2.21. The monoisotopic (exact) mass is 229 g/mol. The van der Waals surface area contributed by atoms with Gasteiger partial charge in [0, 0.05) is 18.0 Å². The van der Waals surface area contributed by atoms with E-state index in [0.29, 0.717) is 0 Å². The minimum absolute atomic E-state index is 0.0609. The molecule has 0 bridgehead atoms. The van der Waals surface area contributed by atoms with Crippen molar-refractivity contribution in [3.8, 4) is 0 Å². The van der Waals surface area contributed by atoms with Gasteiger partial charge in [0.05, 0.1) is 0 Å². The number of carboxylic acids is 1. The second-order valence-electron chi connectivity index (χ2n) is 3.65. The van der Waals surface area contributed by atoms with Crippen molar-refractivity contribution in [2.45, 2.75) is 25.8 Å². The number of hydrogen-bond donors (Lipinski definition) is 2. The van der Waals surface area contributed by atoms with Crippen LogP contribution in [0.5, 0.6) is 0 Å². The van der Waals surface area contributed by atoms with E-state index in [9.17, 15) is 13.6 Å². The summed E-state index contributed by atoms with van der Waals surface area (Å²) in [6, 6.07) is 1.62. The molecule has 5 heteroatoms. The molecule has 0 saturated heterocycles. The van der Waals surface area contributed by atoms with Crippen molar-refractivity contribution in [1.29, 1.82) is 0 Å². The molecule has 0 saturated carbocycles. The molecular weight excluding hydrogens is 216 g/mol. The summed E-state index contributed by atoms with van der Waals surface area (Å²) in [6.07, 6.45) is 0.0234. The lowest BCUT2D eigenvalue weighted by Gasteiger charge is -2.12. The van der Waals surface area contributed by atoms with Crippen molar-refractivity contribution in [3.05, 3.63) is 34.9 Å². The second kappa shape index (κ2) is 5.03. The molecule has 3 N–H and O–H groups in total. The first-order chi connectivity index (χ1) is 7.41. The van der Waals surface area contributed by atoms with E-state index in [-0.39, 0.29) is 24.0 Å². The maximum absolute atomic E-state index is 13.2. The van der Waals surface area contributed by atoms with E-state index in [0.717, 1.165) is 12.1 Å². The molecule has 1 atom stereocenters. The molecule has 1 unspecified atom stereocenters. The molecule has 0 fully saturated rings. The number of benzene rings is 1. The SMILES string of the molecule is Cc1c(F)cc(C(N)CCC(=O)O)cc1F. The highest BCUT2D eigenvalue weighted by Gasteiger charge is 2.13. The molecule has 3 nitrogen and oxygen atoms in total. The summed E-state index contributed by atoms with van der Waals surface area (Å²) < 4.78 is 26.4. The highest BCUT2D eigenvalue weighted by molar-refractivity contribution is 5.66. The third kappa shape index (κ3) is 3.00. The minimum atomic E-state index is -0.983. The Morgan fingerprint density at radius 2 is 1.94 bits per heavy atom. The van der Waals surface area contributed by atoms with Crippen LogP contribution in [0.2, 0.25) is 0 Å². The molecule has 0 aliphatic heterocycles. The standard InChI is InChI=1S/C11H13F2NO2/c1-6-8(12)4-7(5-9(6)13)10(14)2-3-11(15)16/h4-5,10H,2-3,14H2,1H3,(H,15,16). The van der Waals surface area contributed by atoms with Crippen LogP contribution >= 0.6 is 0 Å². The Kier molecular flexibility index (Phi) is 3.95. The molecule has 0 aliphatic carbocycles. The largest absolute Gasteiger partial charge is 0.481 e. The molecule has 1 aromatic rings. The first-order valence-corrected chi connectivity index (χ1v) is 4.84. The van der Waals surface area contributed by atoms with Gasteiger partial charge in [-0.05, 0) is 31.0 Å². The molecule has 0 aromatic heterocycles. The topological polar surface area (TPSA) is 63.3 Å². The lowest BCUT2D eigenvalue weighted by molar-refractivity contribution is -0.137. The fourth-order valence-corrected chi connectivity index (χ4v) is 1.32. The highest BCUT2D eigenvalue weighted by Crippen LogP contribution is 2.21. The first kappa shape index (κ1) is 12.6. The predicted molar refractivity (Wildman–Crippen MR) is 54.9 cm³/mol. The van der Waals surface area contributed by atoms with Gasteiger partial charge >= 0.3 is 5.97 Å². The van der Waals surface area contributed by atoms with Crippen molar-refractivity contribution < 1.29 is 18.7 Å². The van der Waals surface area contributed by atoms with Gasteiger partial charge in [-0.1, -0.05) is 0 Å². The number of nitrogens with two attached hydrogens (primary N) is 1. The van der Waals surface area contributed by atoms with Gasteiger partial charge in [0.15, 0.2) is 0 Å². The number of carbonyl (C=O) groups is 1. The summed E-state index contributed by atoms with van der Waals surface area (Å²) in [5.41, 5.74) is 5.85. The molecule has 16 heavy (non-hydrogen) atoms. The summed E-state index contributed by atoms with van der Waals surface area (Å²) in [4.78, 5) is 10.3. The van der Waals surface area contributed by atoms with E-state index in [4.69, 9.17) is 10.8 Å². The fourth-order valence-electron chi connectivity index (χ4n) is 1.32. The molecule has 0 aliphatic rings. The Hall–Kier alpha value is -1.49. The highest BCUT2D eigenvalue weighted by atomic mass is 19.1. The second-order valence-corrected chi connectivity index (χ2v) is 3.65. The maximum Gasteiger partial charge on any atom is 0.303 e. The molecule has 1 aromatic carbocycles. The fraction of sp³-hybridized carbons (Fsp3) is 0.364. The Morgan fingerprint density at radius 3 is 2.38 bits per heavy atom. The summed E-state index contributed by atoms with van der Waals surface area (Å²) >= 11 is 0. The Bertz CT molecular complexity index is 384. The molecule has 0 radical (unpaired) electrons. The molecule has 0 amide bonds. The summed E-state index contributed by atoms with van der Waals surface area (Å²) in [5.74, 6) is -2.31. The molecule has 1 rings (SSSR count). The van der Waals surface area contributed by atoms with Crippen molar-refractivity contribution in [1.82, 2.24) is 0 Å². The van der Waals surface area contributed by atoms with Crippen molar-refractivity contribution in [3.63, 3.8) is 0 Å². The van der Waals surface area contributed by atoms with E-state index < -0.39 is 23.6 Å². The summed E-state index contributed by atoms with van der Waals surface area (Å²) in [7, 11) is 0. The smallest absolute Gasteiger partial charge is 0.303 e. The van der Waals surface area contributed by atoms with Gasteiger partial charge in [0.1, 0.15) is 11.6 Å². The van der Waals surface area contributed by atoms with Crippen molar-refractivity contribution >= 4 is 5.97 Å². The van der Waals surface area contributed by atoms with E-state index in [2.05, 4.69) is 0 Å². The van der Waals surface area contributed by atoms with Crippen LogP contribution in [0.3, 0.4) is 0 Å². The van der Waals surface area contributed by atoms with Gasteiger partial charge in [-0.25, -0.2) is 8.78 Å². The normalized spacial score (nSPS) is 12.5. The lowest BCUT2D eigenvalue weighted by atomic mass is 10.0. The number of rotatable bonds is 4. The number of halogens is 2. The average molecular weight is 229 g/mol. The molecular formula is C11H13F2NO2. The van der Waals surface area contributed by atoms with Crippen LogP contribution in [0, 0.1) is 18.6 Å². The maximum atomic E-state index is 13.2.